The molecule has 1 aromatic rings. The Balaban J connectivity index is 2.82. The molecule has 0 aliphatic rings. The van der Waals surface area contributed by atoms with E-state index in [-0.39, 0.29) is 16.6 Å². The van der Waals surface area contributed by atoms with Crippen LogP contribution in [0.1, 0.15) is 40.2 Å². The normalized spacial score (nSPS) is 11.2. The van der Waals surface area contributed by atoms with Gasteiger partial charge in [0.2, 0.25) is 0 Å². The first-order chi connectivity index (χ1) is 7.93. The Hall–Kier alpha value is -1.03. The second-order valence-corrected chi connectivity index (χ2v) is 5.20. The van der Waals surface area contributed by atoms with Gasteiger partial charge in [0, 0.05) is 6.54 Å². The molecule has 0 saturated heterocycles. The maximum Gasteiger partial charge on any atom is 0.287 e. The Morgan fingerprint density at radius 1 is 1.41 bits per heavy atom. The summed E-state index contributed by atoms with van der Waals surface area (Å²) < 4.78 is 1.38. The van der Waals surface area contributed by atoms with Gasteiger partial charge in [-0.15, -0.1) is 0 Å². The third-order valence-electron chi connectivity index (χ3n) is 2.47. The van der Waals surface area contributed by atoms with E-state index in [0.717, 1.165) is 13.0 Å². The predicted molar refractivity (Wildman–Crippen MR) is 71.8 cm³/mol. The van der Waals surface area contributed by atoms with Gasteiger partial charge in [-0.05, 0) is 26.2 Å². The highest BCUT2D eigenvalue weighted by Crippen LogP contribution is 2.16. The number of hydrogen-bond donors (Lipinski definition) is 1. The van der Waals surface area contributed by atoms with Crippen molar-refractivity contribution in [3.8, 4) is 0 Å². The molecule has 0 spiro atoms. The first-order valence-electron chi connectivity index (χ1n) is 5.94. The third kappa shape index (κ3) is 3.73. The Morgan fingerprint density at radius 2 is 2.06 bits per heavy atom. The molecule has 4 nitrogen and oxygen atoms in total. The van der Waals surface area contributed by atoms with Crippen molar-refractivity contribution < 1.29 is 0 Å². The molecule has 0 fully saturated rings. The lowest BCUT2D eigenvalue weighted by Crippen LogP contribution is -2.26. The Bertz CT molecular complexity index is 426. The molecule has 0 aliphatic carbocycles. The summed E-state index contributed by atoms with van der Waals surface area (Å²) in [6.45, 7) is 8.90. The van der Waals surface area contributed by atoms with Crippen LogP contribution in [0.3, 0.4) is 0 Å². The third-order valence-corrected chi connectivity index (χ3v) is 2.84. The maximum atomic E-state index is 11.9. The molecular formula is C12H20ClN3O. The average Bonchev–Trinajstić information content (AvgIpc) is 2.23. The van der Waals surface area contributed by atoms with E-state index in [2.05, 4.69) is 24.3 Å². The van der Waals surface area contributed by atoms with E-state index in [1.165, 1.54) is 4.68 Å². The number of anilines is 1. The summed E-state index contributed by atoms with van der Waals surface area (Å²) in [4.78, 5) is 11.9. The van der Waals surface area contributed by atoms with E-state index in [1.807, 2.05) is 13.8 Å². The van der Waals surface area contributed by atoms with E-state index in [0.29, 0.717) is 11.6 Å². The molecule has 0 radical (unpaired) electrons. The summed E-state index contributed by atoms with van der Waals surface area (Å²) >= 11 is 6.02. The summed E-state index contributed by atoms with van der Waals surface area (Å²) in [7, 11) is 0. The quantitative estimate of drug-likeness (QED) is 0.882. The molecule has 1 rings (SSSR count). The smallest absolute Gasteiger partial charge is 0.287 e. The fourth-order valence-corrected chi connectivity index (χ4v) is 1.63. The molecule has 96 valence electrons. The number of nitrogens with zero attached hydrogens (tertiary/aromatic N) is 2. The topological polar surface area (TPSA) is 46.9 Å². The van der Waals surface area contributed by atoms with Gasteiger partial charge in [-0.3, -0.25) is 4.79 Å². The van der Waals surface area contributed by atoms with Crippen molar-refractivity contribution >= 4 is 17.3 Å². The Morgan fingerprint density at radius 3 is 2.59 bits per heavy atom. The van der Waals surface area contributed by atoms with Crippen LogP contribution < -0.4 is 10.9 Å². The van der Waals surface area contributed by atoms with Crippen LogP contribution in [0.5, 0.6) is 0 Å². The van der Waals surface area contributed by atoms with Gasteiger partial charge in [0.25, 0.3) is 5.56 Å². The zero-order valence-corrected chi connectivity index (χ0v) is 11.6. The molecule has 0 atom stereocenters. The van der Waals surface area contributed by atoms with Crippen molar-refractivity contribution in [1.29, 1.82) is 0 Å². The molecule has 5 heteroatoms. The minimum absolute atomic E-state index is 0.0183. The molecule has 0 saturated carbocycles. The van der Waals surface area contributed by atoms with Crippen molar-refractivity contribution in [2.45, 2.75) is 40.2 Å². The van der Waals surface area contributed by atoms with Gasteiger partial charge in [-0.1, -0.05) is 25.4 Å². The Labute approximate surface area is 107 Å². The van der Waals surface area contributed by atoms with Crippen LogP contribution in [0.25, 0.3) is 0 Å². The molecule has 1 N–H and O–H groups in total. The number of aromatic nitrogens is 2. The van der Waals surface area contributed by atoms with Crippen molar-refractivity contribution in [2.24, 2.45) is 5.92 Å². The van der Waals surface area contributed by atoms with Crippen molar-refractivity contribution in [3.63, 3.8) is 0 Å². The first kappa shape index (κ1) is 14.0. The lowest BCUT2D eigenvalue weighted by Gasteiger charge is -2.12. The SMILES string of the molecule is CC(C)CCNc1cnn(C(C)C)c(=O)c1Cl. The summed E-state index contributed by atoms with van der Waals surface area (Å²) in [5.41, 5.74) is 0.380. The molecule has 0 unspecified atom stereocenters. The summed E-state index contributed by atoms with van der Waals surface area (Å²) in [6.07, 6.45) is 2.65. The highest BCUT2D eigenvalue weighted by Gasteiger charge is 2.10. The number of hydrogen-bond acceptors (Lipinski definition) is 3. The molecule has 0 aromatic carbocycles. The second-order valence-electron chi connectivity index (χ2n) is 4.82. The second kappa shape index (κ2) is 6.05. The highest BCUT2D eigenvalue weighted by atomic mass is 35.5. The number of nitrogens with one attached hydrogen (secondary N) is 1. The van der Waals surface area contributed by atoms with Gasteiger partial charge >= 0.3 is 0 Å². The fourth-order valence-electron chi connectivity index (χ4n) is 1.43. The monoisotopic (exact) mass is 257 g/mol. The van der Waals surface area contributed by atoms with Crippen LogP contribution in [-0.4, -0.2) is 16.3 Å². The largest absolute Gasteiger partial charge is 0.382 e. The van der Waals surface area contributed by atoms with Gasteiger partial charge in [0.15, 0.2) is 0 Å². The summed E-state index contributed by atoms with van der Waals surface area (Å²) in [5.74, 6) is 0.616. The molecule has 17 heavy (non-hydrogen) atoms. The molecule has 1 aromatic heterocycles. The zero-order chi connectivity index (χ0) is 13.0. The van der Waals surface area contributed by atoms with E-state index in [4.69, 9.17) is 11.6 Å². The van der Waals surface area contributed by atoms with Crippen LogP contribution in [0.4, 0.5) is 5.69 Å². The molecular weight excluding hydrogens is 238 g/mol. The van der Waals surface area contributed by atoms with Crippen LogP contribution in [0.2, 0.25) is 5.02 Å². The Kier molecular flexibility index (Phi) is 5.00. The maximum absolute atomic E-state index is 11.9. The van der Waals surface area contributed by atoms with Gasteiger partial charge in [0.05, 0.1) is 17.9 Å². The highest BCUT2D eigenvalue weighted by molar-refractivity contribution is 6.32. The van der Waals surface area contributed by atoms with Crippen LogP contribution in [0, 0.1) is 5.92 Å². The predicted octanol–water partition coefficient (Wildman–Crippen LogP) is 2.94. The summed E-state index contributed by atoms with van der Waals surface area (Å²) in [6, 6.07) is 0.0183. The van der Waals surface area contributed by atoms with E-state index < -0.39 is 0 Å². The van der Waals surface area contributed by atoms with Crippen LogP contribution in [-0.2, 0) is 0 Å². The minimum Gasteiger partial charge on any atom is -0.382 e. The van der Waals surface area contributed by atoms with E-state index in [1.54, 1.807) is 6.20 Å². The van der Waals surface area contributed by atoms with Crippen molar-refractivity contribution in [1.82, 2.24) is 9.78 Å². The van der Waals surface area contributed by atoms with Crippen LogP contribution >= 0.6 is 11.6 Å². The van der Waals surface area contributed by atoms with Crippen molar-refractivity contribution in [2.75, 3.05) is 11.9 Å². The van der Waals surface area contributed by atoms with Gasteiger partial charge in [-0.2, -0.15) is 5.10 Å². The molecule has 1 heterocycles. The van der Waals surface area contributed by atoms with Crippen molar-refractivity contribution in [3.05, 3.63) is 21.6 Å². The molecule has 0 aliphatic heterocycles. The molecule has 0 bridgehead atoms. The number of halogens is 1. The van der Waals surface area contributed by atoms with E-state index in [9.17, 15) is 4.79 Å². The van der Waals surface area contributed by atoms with Gasteiger partial charge in [0.1, 0.15) is 5.02 Å². The molecule has 0 amide bonds. The van der Waals surface area contributed by atoms with Gasteiger partial charge < -0.3 is 5.32 Å². The lowest BCUT2D eigenvalue weighted by atomic mass is 10.1. The lowest BCUT2D eigenvalue weighted by molar-refractivity contribution is 0.503. The zero-order valence-electron chi connectivity index (χ0n) is 10.8. The van der Waals surface area contributed by atoms with Crippen LogP contribution in [0.15, 0.2) is 11.0 Å². The fraction of sp³-hybridized carbons (Fsp3) is 0.667. The average molecular weight is 258 g/mol. The number of rotatable bonds is 5. The first-order valence-corrected chi connectivity index (χ1v) is 6.32. The van der Waals surface area contributed by atoms with E-state index >= 15 is 0 Å². The minimum atomic E-state index is -0.240. The standard InChI is InChI=1S/C12H20ClN3O/c1-8(2)5-6-14-10-7-15-16(9(3)4)12(17)11(10)13/h7-9,14H,5-6H2,1-4H3. The van der Waals surface area contributed by atoms with Gasteiger partial charge in [-0.25, -0.2) is 4.68 Å². The summed E-state index contributed by atoms with van der Waals surface area (Å²) in [5, 5.41) is 7.46.